The standard InChI is InChI=1S/C13H27N3O.2ClH/c1-4-16(5-2)10-11(3)15-13(17)12-8-6-7-9-14-12;;/h11-12,14H,4-10H2,1-3H3,(H,15,17);2*1H/t11?,12-;;/m1../s1. The highest BCUT2D eigenvalue weighted by atomic mass is 35.5. The summed E-state index contributed by atoms with van der Waals surface area (Å²) in [6, 6.07) is 0.258. The molecule has 2 N–H and O–H groups in total. The molecule has 0 aromatic heterocycles. The van der Waals surface area contributed by atoms with E-state index in [9.17, 15) is 4.79 Å². The maximum Gasteiger partial charge on any atom is 0.237 e. The van der Waals surface area contributed by atoms with E-state index >= 15 is 0 Å². The topological polar surface area (TPSA) is 44.4 Å². The van der Waals surface area contributed by atoms with E-state index in [1.54, 1.807) is 0 Å². The van der Waals surface area contributed by atoms with Crippen LogP contribution in [0.2, 0.25) is 0 Å². The van der Waals surface area contributed by atoms with E-state index in [4.69, 9.17) is 0 Å². The average Bonchev–Trinajstić information content (AvgIpc) is 2.37. The van der Waals surface area contributed by atoms with Gasteiger partial charge in [0.05, 0.1) is 6.04 Å². The summed E-state index contributed by atoms with van der Waals surface area (Å²) in [5, 5.41) is 6.39. The Labute approximate surface area is 129 Å². The molecule has 1 aliphatic heterocycles. The third kappa shape index (κ3) is 7.98. The second-order valence-corrected chi connectivity index (χ2v) is 4.90. The number of hydrogen-bond donors (Lipinski definition) is 2. The number of carbonyl (C=O) groups is 1. The molecule has 1 rings (SSSR count). The largest absolute Gasteiger partial charge is 0.351 e. The SMILES string of the molecule is CCN(CC)CC(C)NC(=O)[C@H]1CCCCN1.Cl.Cl. The lowest BCUT2D eigenvalue weighted by Crippen LogP contribution is -2.51. The molecule has 6 heteroatoms. The van der Waals surface area contributed by atoms with E-state index in [1.807, 2.05) is 0 Å². The predicted octanol–water partition coefficient (Wildman–Crippen LogP) is 1.82. The number of halogens is 2. The number of nitrogens with zero attached hydrogens (tertiary/aromatic N) is 1. The Morgan fingerprint density at radius 2 is 1.95 bits per heavy atom. The summed E-state index contributed by atoms with van der Waals surface area (Å²) in [6.45, 7) is 10.4. The highest BCUT2D eigenvalue weighted by Crippen LogP contribution is 2.07. The van der Waals surface area contributed by atoms with Crippen LogP contribution in [0.4, 0.5) is 0 Å². The van der Waals surface area contributed by atoms with Crippen LogP contribution in [-0.4, -0.2) is 49.1 Å². The van der Waals surface area contributed by atoms with Gasteiger partial charge in [-0.1, -0.05) is 20.3 Å². The Bertz CT molecular complexity index is 232. The lowest BCUT2D eigenvalue weighted by Gasteiger charge is -2.27. The fourth-order valence-electron chi connectivity index (χ4n) is 2.33. The van der Waals surface area contributed by atoms with Crippen molar-refractivity contribution in [2.24, 2.45) is 0 Å². The van der Waals surface area contributed by atoms with E-state index in [0.29, 0.717) is 0 Å². The highest BCUT2D eigenvalue weighted by Gasteiger charge is 2.21. The van der Waals surface area contributed by atoms with Crippen molar-refractivity contribution >= 4 is 30.7 Å². The molecule has 1 heterocycles. The molecule has 0 bridgehead atoms. The third-order valence-corrected chi connectivity index (χ3v) is 3.44. The van der Waals surface area contributed by atoms with Crippen molar-refractivity contribution in [2.75, 3.05) is 26.2 Å². The number of hydrogen-bond acceptors (Lipinski definition) is 3. The van der Waals surface area contributed by atoms with Crippen molar-refractivity contribution < 1.29 is 4.79 Å². The van der Waals surface area contributed by atoms with Gasteiger partial charge in [0.15, 0.2) is 0 Å². The maximum atomic E-state index is 12.0. The molecule has 2 atom stereocenters. The number of amides is 1. The number of rotatable bonds is 6. The molecule has 0 aliphatic carbocycles. The zero-order valence-corrected chi connectivity index (χ0v) is 13.9. The van der Waals surface area contributed by atoms with Crippen LogP contribution in [0.3, 0.4) is 0 Å². The van der Waals surface area contributed by atoms with Crippen LogP contribution in [0, 0.1) is 0 Å². The Morgan fingerprint density at radius 3 is 2.42 bits per heavy atom. The fourth-order valence-corrected chi connectivity index (χ4v) is 2.33. The maximum absolute atomic E-state index is 12.0. The van der Waals surface area contributed by atoms with Gasteiger partial charge in [0, 0.05) is 12.6 Å². The molecule has 0 spiro atoms. The smallest absolute Gasteiger partial charge is 0.237 e. The van der Waals surface area contributed by atoms with Crippen molar-refractivity contribution in [1.29, 1.82) is 0 Å². The molecule has 1 unspecified atom stereocenters. The van der Waals surface area contributed by atoms with Gasteiger partial charge in [0.1, 0.15) is 0 Å². The summed E-state index contributed by atoms with van der Waals surface area (Å²) in [4.78, 5) is 14.3. The third-order valence-electron chi connectivity index (χ3n) is 3.44. The molecule has 0 aromatic carbocycles. The normalized spacial score (nSPS) is 20.1. The molecule has 116 valence electrons. The van der Waals surface area contributed by atoms with Crippen molar-refractivity contribution in [3.63, 3.8) is 0 Å². The van der Waals surface area contributed by atoms with Gasteiger partial charge in [0.25, 0.3) is 0 Å². The van der Waals surface area contributed by atoms with Crippen LogP contribution < -0.4 is 10.6 Å². The molecule has 1 amide bonds. The monoisotopic (exact) mass is 313 g/mol. The number of piperidine rings is 1. The molecule has 1 aliphatic rings. The Hall–Kier alpha value is -0.0300. The van der Waals surface area contributed by atoms with Crippen LogP contribution in [-0.2, 0) is 4.79 Å². The Balaban J connectivity index is 0. The molecule has 1 saturated heterocycles. The van der Waals surface area contributed by atoms with E-state index in [1.165, 1.54) is 6.42 Å². The first-order valence-electron chi connectivity index (χ1n) is 6.93. The van der Waals surface area contributed by atoms with Crippen LogP contribution in [0.25, 0.3) is 0 Å². The molecule has 4 nitrogen and oxygen atoms in total. The van der Waals surface area contributed by atoms with E-state index in [0.717, 1.165) is 39.0 Å². The zero-order chi connectivity index (χ0) is 12.7. The fraction of sp³-hybridized carbons (Fsp3) is 0.923. The van der Waals surface area contributed by atoms with Crippen molar-refractivity contribution in [3.8, 4) is 0 Å². The summed E-state index contributed by atoms with van der Waals surface area (Å²) >= 11 is 0. The molecule has 0 aromatic rings. The van der Waals surface area contributed by atoms with Crippen molar-refractivity contribution in [1.82, 2.24) is 15.5 Å². The van der Waals surface area contributed by atoms with Gasteiger partial charge < -0.3 is 15.5 Å². The van der Waals surface area contributed by atoms with Gasteiger partial charge in [-0.3, -0.25) is 4.79 Å². The minimum Gasteiger partial charge on any atom is -0.351 e. The molecule has 19 heavy (non-hydrogen) atoms. The quantitative estimate of drug-likeness (QED) is 0.786. The first kappa shape index (κ1) is 21.3. The average molecular weight is 314 g/mol. The number of carbonyl (C=O) groups excluding carboxylic acids is 1. The summed E-state index contributed by atoms with van der Waals surface area (Å²) in [5.74, 6) is 0.171. The van der Waals surface area contributed by atoms with E-state index < -0.39 is 0 Å². The van der Waals surface area contributed by atoms with Crippen molar-refractivity contribution in [2.45, 2.75) is 52.1 Å². The molecule has 0 radical (unpaired) electrons. The minimum atomic E-state index is 0. The van der Waals surface area contributed by atoms with Gasteiger partial charge in [-0.2, -0.15) is 0 Å². The lowest BCUT2D eigenvalue weighted by molar-refractivity contribution is -0.124. The Kier molecular flexibility index (Phi) is 13.2. The van der Waals surface area contributed by atoms with Gasteiger partial charge in [0.2, 0.25) is 5.91 Å². The van der Waals surface area contributed by atoms with Gasteiger partial charge in [-0.15, -0.1) is 24.8 Å². The first-order chi connectivity index (χ1) is 8.17. The summed E-state index contributed by atoms with van der Waals surface area (Å²) in [6.07, 6.45) is 3.33. The summed E-state index contributed by atoms with van der Waals surface area (Å²) < 4.78 is 0. The van der Waals surface area contributed by atoms with Gasteiger partial charge in [-0.25, -0.2) is 0 Å². The Morgan fingerprint density at radius 1 is 1.32 bits per heavy atom. The van der Waals surface area contributed by atoms with Crippen LogP contribution >= 0.6 is 24.8 Å². The summed E-state index contributed by atoms with van der Waals surface area (Å²) in [7, 11) is 0. The molecule has 1 fully saturated rings. The molecule has 0 saturated carbocycles. The van der Waals surface area contributed by atoms with E-state index in [-0.39, 0.29) is 42.8 Å². The van der Waals surface area contributed by atoms with E-state index in [2.05, 4.69) is 36.3 Å². The van der Waals surface area contributed by atoms with Crippen LogP contribution in [0.15, 0.2) is 0 Å². The van der Waals surface area contributed by atoms with Crippen LogP contribution in [0.1, 0.15) is 40.0 Å². The second-order valence-electron chi connectivity index (χ2n) is 4.90. The highest BCUT2D eigenvalue weighted by molar-refractivity contribution is 5.85. The second kappa shape index (κ2) is 11.8. The molecular formula is C13H29Cl2N3O. The first-order valence-corrected chi connectivity index (χ1v) is 6.93. The summed E-state index contributed by atoms with van der Waals surface area (Å²) in [5.41, 5.74) is 0. The zero-order valence-electron chi connectivity index (χ0n) is 12.3. The molecular weight excluding hydrogens is 285 g/mol. The minimum absolute atomic E-state index is 0. The van der Waals surface area contributed by atoms with Gasteiger partial charge in [-0.05, 0) is 39.4 Å². The van der Waals surface area contributed by atoms with Gasteiger partial charge >= 0.3 is 0 Å². The number of nitrogens with one attached hydrogen (secondary N) is 2. The van der Waals surface area contributed by atoms with Crippen molar-refractivity contribution in [3.05, 3.63) is 0 Å². The number of likely N-dealkylation sites (N-methyl/N-ethyl adjacent to an activating group) is 1. The predicted molar refractivity (Wildman–Crippen MR) is 85.5 cm³/mol. The van der Waals surface area contributed by atoms with Crippen LogP contribution in [0.5, 0.6) is 0 Å². The lowest BCUT2D eigenvalue weighted by atomic mass is 10.0.